The first-order valence-corrected chi connectivity index (χ1v) is 5.81. The van der Waals surface area contributed by atoms with Crippen molar-refractivity contribution in [1.82, 2.24) is 15.5 Å². The summed E-state index contributed by atoms with van der Waals surface area (Å²) in [6.45, 7) is 5.57. The van der Waals surface area contributed by atoms with Gasteiger partial charge in [-0.1, -0.05) is 0 Å². The second-order valence-corrected chi connectivity index (χ2v) is 4.46. The molecule has 1 N–H and O–H groups in total. The van der Waals surface area contributed by atoms with Gasteiger partial charge >= 0.3 is 0 Å². The first kappa shape index (κ1) is 8.81. The van der Waals surface area contributed by atoms with Crippen molar-refractivity contribution in [3.8, 4) is 0 Å². The molecule has 0 aromatic carbocycles. The largest absolute Gasteiger partial charge is 0.312 e. The van der Waals surface area contributed by atoms with Gasteiger partial charge in [-0.15, -0.1) is 0 Å². The Morgan fingerprint density at radius 2 is 2.17 bits per heavy atom. The SMILES string of the molecule is C1CNCC(N2CCSCC2)[N]1. The van der Waals surface area contributed by atoms with E-state index in [1.807, 2.05) is 0 Å². The van der Waals surface area contributed by atoms with Gasteiger partial charge in [-0.05, 0) is 0 Å². The Morgan fingerprint density at radius 1 is 1.33 bits per heavy atom. The average Bonchev–Trinajstić information content (AvgIpc) is 2.21. The van der Waals surface area contributed by atoms with Crippen molar-refractivity contribution in [3.63, 3.8) is 0 Å². The molecule has 2 fully saturated rings. The van der Waals surface area contributed by atoms with Crippen LogP contribution in [0.3, 0.4) is 0 Å². The molecule has 2 rings (SSSR count). The average molecular weight is 186 g/mol. The molecule has 3 nitrogen and oxygen atoms in total. The van der Waals surface area contributed by atoms with Gasteiger partial charge in [0.2, 0.25) is 0 Å². The van der Waals surface area contributed by atoms with Gasteiger partial charge in [-0.3, -0.25) is 4.90 Å². The maximum Gasteiger partial charge on any atom is 0.0888 e. The summed E-state index contributed by atoms with van der Waals surface area (Å²) >= 11 is 2.06. The topological polar surface area (TPSA) is 29.4 Å². The van der Waals surface area contributed by atoms with E-state index in [1.165, 1.54) is 24.6 Å². The van der Waals surface area contributed by atoms with Crippen molar-refractivity contribution < 1.29 is 0 Å². The zero-order valence-electron chi connectivity index (χ0n) is 7.33. The van der Waals surface area contributed by atoms with Crippen molar-refractivity contribution >= 4 is 11.8 Å². The Balaban J connectivity index is 1.80. The van der Waals surface area contributed by atoms with Crippen molar-refractivity contribution in [1.29, 1.82) is 0 Å². The molecule has 1 radical (unpaired) electrons. The van der Waals surface area contributed by atoms with E-state index >= 15 is 0 Å². The Kier molecular flexibility index (Phi) is 3.28. The molecule has 2 heterocycles. The van der Waals surface area contributed by atoms with Gasteiger partial charge in [-0.2, -0.15) is 11.8 Å². The monoisotopic (exact) mass is 186 g/mol. The smallest absolute Gasteiger partial charge is 0.0888 e. The number of rotatable bonds is 1. The molecule has 0 aromatic heterocycles. The minimum atomic E-state index is 0.472. The summed E-state index contributed by atoms with van der Waals surface area (Å²) in [6.07, 6.45) is 0.472. The number of hydrogen-bond donors (Lipinski definition) is 1. The van der Waals surface area contributed by atoms with E-state index in [9.17, 15) is 0 Å². The van der Waals surface area contributed by atoms with Crippen LogP contribution in [0.25, 0.3) is 0 Å². The van der Waals surface area contributed by atoms with E-state index in [2.05, 4.69) is 27.3 Å². The molecule has 0 amide bonds. The lowest BCUT2D eigenvalue weighted by molar-refractivity contribution is 0.158. The highest BCUT2D eigenvalue weighted by molar-refractivity contribution is 7.99. The maximum absolute atomic E-state index is 4.61. The number of nitrogens with one attached hydrogen (secondary N) is 1. The van der Waals surface area contributed by atoms with Gasteiger partial charge in [0.1, 0.15) is 0 Å². The molecule has 12 heavy (non-hydrogen) atoms. The predicted octanol–water partition coefficient (Wildman–Crippen LogP) is -0.431. The highest BCUT2D eigenvalue weighted by atomic mass is 32.2. The van der Waals surface area contributed by atoms with E-state index < -0.39 is 0 Å². The Bertz CT molecular complexity index is 114. The van der Waals surface area contributed by atoms with E-state index in [-0.39, 0.29) is 0 Å². The molecule has 0 bridgehead atoms. The van der Waals surface area contributed by atoms with Gasteiger partial charge in [0.25, 0.3) is 0 Å². The fourth-order valence-electron chi connectivity index (χ4n) is 1.71. The fourth-order valence-corrected chi connectivity index (χ4v) is 2.64. The summed E-state index contributed by atoms with van der Waals surface area (Å²) in [7, 11) is 0. The van der Waals surface area contributed by atoms with Gasteiger partial charge in [-0.25, -0.2) is 5.32 Å². The van der Waals surface area contributed by atoms with Crippen LogP contribution in [0, 0.1) is 0 Å². The third-order valence-corrected chi connectivity index (χ3v) is 3.37. The lowest BCUT2D eigenvalue weighted by Crippen LogP contribution is -2.55. The molecule has 2 aliphatic heterocycles. The van der Waals surface area contributed by atoms with Crippen molar-refractivity contribution in [3.05, 3.63) is 0 Å². The second-order valence-electron chi connectivity index (χ2n) is 3.24. The quantitative estimate of drug-likeness (QED) is 0.602. The number of piperazine rings is 1. The first-order valence-electron chi connectivity index (χ1n) is 4.66. The highest BCUT2D eigenvalue weighted by Gasteiger charge is 2.22. The molecular formula is C8H16N3S. The Morgan fingerprint density at radius 3 is 2.83 bits per heavy atom. The normalized spacial score (nSPS) is 33.5. The summed E-state index contributed by atoms with van der Waals surface area (Å²) in [6, 6.07) is 0. The molecular weight excluding hydrogens is 170 g/mol. The number of nitrogens with zero attached hydrogens (tertiary/aromatic N) is 2. The second kappa shape index (κ2) is 4.46. The molecule has 0 saturated carbocycles. The first-order chi connectivity index (χ1) is 5.97. The van der Waals surface area contributed by atoms with Crippen LogP contribution >= 0.6 is 11.8 Å². The van der Waals surface area contributed by atoms with E-state index in [4.69, 9.17) is 0 Å². The standard InChI is InChI=1S/C8H16N3S/c1-2-10-8(7-9-1)11-3-5-12-6-4-11/h8-9H,1-7H2. The van der Waals surface area contributed by atoms with Crippen LogP contribution in [0.1, 0.15) is 0 Å². The number of hydrogen-bond acceptors (Lipinski definition) is 3. The van der Waals surface area contributed by atoms with Crippen molar-refractivity contribution in [2.24, 2.45) is 0 Å². The Hall–Kier alpha value is 0.230. The van der Waals surface area contributed by atoms with Crippen LogP contribution in [0.15, 0.2) is 0 Å². The van der Waals surface area contributed by atoms with Crippen molar-refractivity contribution in [2.75, 3.05) is 44.2 Å². The highest BCUT2D eigenvalue weighted by Crippen LogP contribution is 2.11. The third-order valence-electron chi connectivity index (χ3n) is 2.42. The number of thioether (sulfide) groups is 1. The third kappa shape index (κ3) is 2.13. The molecule has 1 atom stereocenters. The van der Waals surface area contributed by atoms with E-state index in [0.29, 0.717) is 6.17 Å². The summed E-state index contributed by atoms with van der Waals surface area (Å²) in [5.74, 6) is 2.57. The minimum Gasteiger partial charge on any atom is -0.312 e. The molecule has 4 heteroatoms. The summed E-state index contributed by atoms with van der Waals surface area (Å²) in [4.78, 5) is 2.50. The van der Waals surface area contributed by atoms with Crippen LogP contribution in [-0.2, 0) is 0 Å². The molecule has 69 valence electrons. The van der Waals surface area contributed by atoms with E-state index in [0.717, 1.165) is 19.6 Å². The fraction of sp³-hybridized carbons (Fsp3) is 1.00. The van der Waals surface area contributed by atoms with Crippen LogP contribution < -0.4 is 10.6 Å². The molecule has 0 aliphatic carbocycles. The summed E-state index contributed by atoms with van der Waals surface area (Å²) < 4.78 is 0. The van der Waals surface area contributed by atoms with Gasteiger partial charge in [0.15, 0.2) is 0 Å². The lowest BCUT2D eigenvalue weighted by Gasteiger charge is -2.36. The summed E-state index contributed by atoms with van der Waals surface area (Å²) in [5, 5.41) is 8.00. The zero-order valence-corrected chi connectivity index (χ0v) is 8.15. The maximum atomic E-state index is 4.61. The molecule has 0 spiro atoms. The molecule has 0 aromatic rings. The van der Waals surface area contributed by atoms with Crippen molar-refractivity contribution in [2.45, 2.75) is 6.17 Å². The van der Waals surface area contributed by atoms with Gasteiger partial charge < -0.3 is 5.32 Å². The minimum absolute atomic E-state index is 0.472. The van der Waals surface area contributed by atoms with E-state index in [1.54, 1.807) is 0 Å². The van der Waals surface area contributed by atoms with Gasteiger partial charge in [0.05, 0.1) is 6.17 Å². The van der Waals surface area contributed by atoms with Gasteiger partial charge in [0, 0.05) is 44.2 Å². The van der Waals surface area contributed by atoms with Crippen LogP contribution in [0.5, 0.6) is 0 Å². The summed E-state index contributed by atoms with van der Waals surface area (Å²) in [5.41, 5.74) is 0. The van der Waals surface area contributed by atoms with Crippen LogP contribution in [-0.4, -0.2) is 55.3 Å². The van der Waals surface area contributed by atoms with Crippen LogP contribution in [0.4, 0.5) is 0 Å². The molecule has 2 saturated heterocycles. The predicted molar refractivity (Wildman–Crippen MR) is 52.6 cm³/mol. The zero-order chi connectivity index (χ0) is 8.23. The Labute approximate surface area is 78.3 Å². The van der Waals surface area contributed by atoms with Crippen LogP contribution in [0.2, 0.25) is 0 Å². The molecule has 2 aliphatic rings. The molecule has 1 unspecified atom stereocenters. The lowest BCUT2D eigenvalue weighted by atomic mass is 10.3.